The fourth-order valence-electron chi connectivity index (χ4n) is 2.15. The summed E-state index contributed by atoms with van der Waals surface area (Å²) in [7, 11) is 0. The van der Waals surface area contributed by atoms with Gasteiger partial charge >= 0.3 is 12.1 Å². The van der Waals surface area contributed by atoms with Crippen LogP contribution in [0.2, 0.25) is 5.02 Å². The second kappa shape index (κ2) is 6.45. The van der Waals surface area contributed by atoms with Crippen LogP contribution in [0.5, 0.6) is 11.5 Å². The molecule has 1 aromatic carbocycles. The molecule has 26 heavy (non-hydrogen) atoms. The monoisotopic (exact) mass is 386 g/mol. The Balaban J connectivity index is 1.94. The number of nitrogens with zero attached hydrogens (tertiary/aromatic N) is 4. The van der Waals surface area contributed by atoms with E-state index >= 15 is 0 Å². The Hall–Kier alpha value is -2.88. The average molecular weight is 387 g/mol. The van der Waals surface area contributed by atoms with E-state index in [4.69, 9.17) is 21.4 Å². The normalized spacial score (nSPS) is 13.0. The van der Waals surface area contributed by atoms with Gasteiger partial charge in [0.15, 0.2) is 0 Å². The number of carbonyl (C=O) groups is 1. The van der Waals surface area contributed by atoms with Crippen molar-refractivity contribution < 1.29 is 27.8 Å². The Labute approximate surface area is 149 Å². The number of hydrogen-bond acceptors (Lipinski definition) is 5. The first-order valence-electron chi connectivity index (χ1n) is 7.15. The van der Waals surface area contributed by atoms with Crippen LogP contribution in [0.15, 0.2) is 30.5 Å². The van der Waals surface area contributed by atoms with E-state index in [1.54, 1.807) is 0 Å². The van der Waals surface area contributed by atoms with E-state index in [1.807, 2.05) is 0 Å². The number of pyridine rings is 1. The second-order valence-electron chi connectivity index (χ2n) is 5.31. The van der Waals surface area contributed by atoms with Gasteiger partial charge < -0.3 is 9.84 Å². The number of carboxylic acids is 1. The third-order valence-corrected chi connectivity index (χ3v) is 3.81. The van der Waals surface area contributed by atoms with E-state index in [0.29, 0.717) is 5.52 Å². The molecule has 2 heterocycles. The molecule has 0 saturated heterocycles. The number of alkyl halides is 3. The van der Waals surface area contributed by atoms with E-state index in [-0.39, 0.29) is 22.2 Å². The van der Waals surface area contributed by atoms with Gasteiger partial charge in [-0.25, -0.2) is 14.5 Å². The minimum atomic E-state index is -4.52. The van der Waals surface area contributed by atoms with Crippen LogP contribution in [-0.2, 0) is 11.0 Å². The number of aliphatic carboxylic acids is 1. The topological polar surface area (TPSA) is 90.1 Å². The molecule has 1 unspecified atom stereocenters. The fraction of sp³-hybridized carbons (Fsp3) is 0.200. The number of halogens is 4. The molecule has 0 bridgehead atoms. The van der Waals surface area contributed by atoms with E-state index in [9.17, 15) is 18.0 Å². The first-order valence-corrected chi connectivity index (χ1v) is 7.53. The number of carboxylic acid groups (broad SMARTS) is 1. The lowest BCUT2D eigenvalue weighted by Gasteiger charge is -2.11. The third-order valence-electron chi connectivity index (χ3n) is 3.52. The third kappa shape index (κ3) is 3.40. The summed E-state index contributed by atoms with van der Waals surface area (Å²) in [5.74, 6) is -0.986. The van der Waals surface area contributed by atoms with E-state index in [1.165, 1.54) is 19.2 Å². The fourth-order valence-corrected chi connectivity index (χ4v) is 2.36. The summed E-state index contributed by atoms with van der Waals surface area (Å²) < 4.78 is 44.6. The van der Waals surface area contributed by atoms with Crippen LogP contribution >= 0.6 is 11.6 Å². The lowest BCUT2D eigenvalue weighted by molar-refractivity contribution is -0.140. The molecule has 0 radical (unpaired) electrons. The second-order valence-corrected chi connectivity index (χ2v) is 5.71. The molecule has 0 amide bonds. The van der Waals surface area contributed by atoms with Crippen LogP contribution < -0.4 is 4.74 Å². The van der Waals surface area contributed by atoms with E-state index in [2.05, 4.69) is 15.3 Å². The van der Waals surface area contributed by atoms with Crippen LogP contribution in [-0.4, -0.2) is 31.1 Å². The minimum Gasteiger partial charge on any atom is -0.480 e. The van der Waals surface area contributed by atoms with Crippen molar-refractivity contribution in [2.45, 2.75) is 19.1 Å². The zero-order chi connectivity index (χ0) is 19.1. The Morgan fingerprint density at radius 2 is 2.08 bits per heavy atom. The number of aromatic nitrogens is 4. The van der Waals surface area contributed by atoms with Gasteiger partial charge in [-0.1, -0.05) is 16.8 Å². The van der Waals surface area contributed by atoms with Crippen LogP contribution in [0.25, 0.3) is 11.2 Å². The average Bonchev–Trinajstić information content (AvgIpc) is 2.98. The molecule has 0 fully saturated rings. The molecule has 7 nitrogen and oxygen atoms in total. The van der Waals surface area contributed by atoms with Crippen LogP contribution in [0.3, 0.4) is 0 Å². The highest BCUT2D eigenvalue weighted by molar-refractivity contribution is 6.32. The van der Waals surface area contributed by atoms with Gasteiger partial charge in [0.2, 0.25) is 5.65 Å². The molecule has 3 rings (SSSR count). The Morgan fingerprint density at radius 1 is 1.35 bits per heavy atom. The molecule has 1 atom stereocenters. The number of fused-ring (bicyclic) bond motifs is 1. The minimum absolute atomic E-state index is 0.00822. The molecule has 3 aromatic rings. The van der Waals surface area contributed by atoms with Crippen molar-refractivity contribution in [1.82, 2.24) is 20.0 Å². The lowest BCUT2D eigenvalue weighted by Crippen LogP contribution is -2.16. The number of hydrogen-bond donors (Lipinski definition) is 1. The number of ether oxygens (including phenoxy) is 1. The van der Waals surface area contributed by atoms with Crippen molar-refractivity contribution in [3.8, 4) is 11.5 Å². The van der Waals surface area contributed by atoms with Crippen molar-refractivity contribution in [2.24, 2.45) is 0 Å². The van der Waals surface area contributed by atoms with Crippen molar-refractivity contribution in [1.29, 1.82) is 0 Å². The van der Waals surface area contributed by atoms with Gasteiger partial charge in [-0.3, -0.25) is 0 Å². The maximum Gasteiger partial charge on any atom is 0.416 e. The van der Waals surface area contributed by atoms with Gasteiger partial charge in [0.25, 0.3) is 0 Å². The first-order chi connectivity index (χ1) is 12.2. The quantitative estimate of drug-likeness (QED) is 0.730. The van der Waals surface area contributed by atoms with Crippen molar-refractivity contribution in [3.05, 3.63) is 41.0 Å². The Morgan fingerprint density at radius 3 is 2.69 bits per heavy atom. The maximum absolute atomic E-state index is 12.7. The highest BCUT2D eigenvalue weighted by atomic mass is 35.5. The zero-order valence-corrected chi connectivity index (χ0v) is 13.8. The highest BCUT2D eigenvalue weighted by Gasteiger charge is 2.31. The van der Waals surface area contributed by atoms with Crippen molar-refractivity contribution in [3.63, 3.8) is 0 Å². The summed E-state index contributed by atoms with van der Waals surface area (Å²) in [6.45, 7) is 1.41. The largest absolute Gasteiger partial charge is 0.480 e. The van der Waals surface area contributed by atoms with Crippen LogP contribution in [0, 0.1) is 0 Å². The van der Waals surface area contributed by atoms with Gasteiger partial charge in [-0.2, -0.15) is 13.2 Å². The summed E-state index contributed by atoms with van der Waals surface area (Å²) in [4.78, 5) is 15.1. The molecule has 1 N–H and O–H groups in total. The highest BCUT2D eigenvalue weighted by Crippen LogP contribution is 2.36. The number of rotatable bonds is 4. The SMILES string of the molecule is CC(C(=O)O)n1nnc2ncc(Oc3ccc(C(F)(F)F)cc3Cl)cc21. The van der Waals surface area contributed by atoms with Gasteiger partial charge in [0.05, 0.1) is 16.8 Å². The Kier molecular flexibility index (Phi) is 4.45. The molecule has 11 heteroatoms. The van der Waals surface area contributed by atoms with Gasteiger partial charge in [-0.05, 0) is 25.1 Å². The van der Waals surface area contributed by atoms with Crippen molar-refractivity contribution >= 4 is 28.7 Å². The standard InChI is InChI=1S/C15H10ClF3N4O3/c1-7(14(24)25)23-11-5-9(6-20-13(11)21-22-23)26-12-3-2-8(4-10(12)16)15(17,18)19/h2-7H,1H3,(H,24,25). The molecular weight excluding hydrogens is 377 g/mol. The lowest BCUT2D eigenvalue weighted by atomic mass is 10.2. The Bertz CT molecular complexity index is 990. The zero-order valence-electron chi connectivity index (χ0n) is 13.0. The molecule has 136 valence electrons. The summed E-state index contributed by atoms with van der Waals surface area (Å²) in [6, 6.07) is 3.11. The van der Waals surface area contributed by atoms with Gasteiger partial charge in [0, 0.05) is 6.07 Å². The smallest absolute Gasteiger partial charge is 0.416 e. The summed E-state index contributed by atoms with van der Waals surface area (Å²) in [5.41, 5.74) is -0.412. The van der Waals surface area contributed by atoms with Crippen LogP contribution in [0.1, 0.15) is 18.5 Å². The molecule has 0 spiro atoms. The first kappa shape index (κ1) is 17.9. The molecular formula is C15H10ClF3N4O3. The molecule has 0 aliphatic carbocycles. The van der Waals surface area contributed by atoms with Crippen molar-refractivity contribution in [2.75, 3.05) is 0 Å². The molecule has 0 saturated carbocycles. The number of benzene rings is 1. The molecule has 2 aromatic heterocycles. The summed E-state index contributed by atoms with van der Waals surface area (Å²) in [5, 5.41) is 16.4. The van der Waals surface area contributed by atoms with Crippen LogP contribution in [0.4, 0.5) is 13.2 Å². The van der Waals surface area contributed by atoms with Gasteiger partial charge in [-0.15, -0.1) is 5.10 Å². The van der Waals surface area contributed by atoms with Gasteiger partial charge in [0.1, 0.15) is 23.1 Å². The predicted octanol–water partition coefficient (Wildman–Crippen LogP) is 3.94. The summed E-state index contributed by atoms with van der Waals surface area (Å²) >= 11 is 5.85. The summed E-state index contributed by atoms with van der Waals surface area (Å²) in [6.07, 6.45) is -3.24. The maximum atomic E-state index is 12.7. The van der Waals surface area contributed by atoms with E-state index in [0.717, 1.165) is 22.9 Å². The molecule has 0 aliphatic rings. The predicted molar refractivity (Wildman–Crippen MR) is 84.2 cm³/mol. The molecule has 0 aliphatic heterocycles. The van der Waals surface area contributed by atoms with E-state index < -0.39 is 23.8 Å².